The van der Waals surface area contributed by atoms with E-state index >= 15 is 0 Å². The molecule has 0 aliphatic heterocycles. The lowest BCUT2D eigenvalue weighted by atomic mass is 9.87. The molecule has 1 aliphatic rings. The van der Waals surface area contributed by atoms with Gasteiger partial charge < -0.3 is 4.55 Å². The summed E-state index contributed by atoms with van der Waals surface area (Å²) in [5.74, 6) is 1.56. The maximum atomic E-state index is 11.6. The number of hydrogen-bond acceptors (Lipinski definition) is 4. The maximum Gasteiger partial charge on any atom is 0.184 e. The molecule has 20 heavy (non-hydrogen) atoms. The summed E-state index contributed by atoms with van der Waals surface area (Å²) in [7, 11) is -3.63. The molecule has 0 heterocycles. The Hall–Kier alpha value is -0.0700. The van der Waals surface area contributed by atoms with Gasteiger partial charge in [-0.2, -0.15) is 0 Å². The van der Waals surface area contributed by atoms with Crippen LogP contribution in [0.25, 0.3) is 0 Å². The Morgan fingerprint density at radius 1 is 1.20 bits per heavy atom. The fourth-order valence-corrected chi connectivity index (χ4v) is 3.60. The first-order chi connectivity index (χ1) is 9.26. The van der Waals surface area contributed by atoms with Crippen LogP contribution in [0.15, 0.2) is 0 Å². The molecule has 0 aromatic carbocycles. The highest BCUT2D eigenvalue weighted by Crippen LogP contribution is 2.24. The first kappa shape index (κ1) is 19.9. The summed E-state index contributed by atoms with van der Waals surface area (Å²) in [6.07, 6.45) is 11.8. The van der Waals surface area contributed by atoms with Crippen molar-refractivity contribution in [3.8, 4) is 0 Å². The van der Waals surface area contributed by atoms with Crippen LogP contribution in [0.4, 0.5) is 0 Å². The molecule has 120 valence electrons. The van der Waals surface area contributed by atoms with Crippen LogP contribution >= 0.6 is 0 Å². The van der Waals surface area contributed by atoms with Gasteiger partial charge in [0.15, 0.2) is 11.5 Å². The Labute approximate surface area is 126 Å². The van der Waals surface area contributed by atoms with E-state index in [0.29, 0.717) is 29.0 Å². The average Bonchev–Trinajstić information content (AvgIpc) is 2.36. The van der Waals surface area contributed by atoms with Crippen LogP contribution in [0.3, 0.4) is 0 Å². The summed E-state index contributed by atoms with van der Waals surface area (Å²) in [5, 5.41) is 0. The second kappa shape index (κ2) is 10.6. The molecule has 1 aliphatic carbocycles. The van der Waals surface area contributed by atoms with E-state index in [1.807, 2.05) is 6.92 Å². The van der Waals surface area contributed by atoms with E-state index in [-0.39, 0.29) is 5.75 Å². The molecule has 0 bridgehead atoms. The van der Waals surface area contributed by atoms with Gasteiger partial charge in [0.05, 0.1) is 22.6 Å². The molecule has 0 aromatic heterocycles. The molecular weight excluding hydrogens is 296 g/mol. The molecule has 1 rings (SSSR count). The van der Waals surface area contributed by atoms with Crippen molar-refractivity contribution in [3.05, 3.63) is 0 Å². The number of carbonyl (C=O) groups excluding carboxylic acids is 1. The summed E-state index contributed by atoms with van der Waals surface area (Å²) in [6, 6.07) is 0. The molecule has 0 amide bonds. The lowest BCUT2D eigenvalue weighted by Crippen LogP contribution is -2.24. The van der Waals surface area contributed by atoms with Gasteiger partial charge in [-0.15, -0.1) is 0 Å². The van der Waals surface area contributed by atoms with Gasteiger partial charge in [-0.05, 0) is 30.2 Å². The topological polar surface area (TPSA) is 74.3 Å². The quantitative estimate of drug-likeness (QED) is 0.555. The molecule has 0 atom stereocenters. The summed E-state index contributed by atoms with van der Waals surface area (Å²) in [4.78, 5) is 11.6. The van der Waals surface area contributed by atoms with Crippen molar-refractivity contribution in [3.63, 3.8) is 0 Å². The van der Waals surface area contributed by atoms with E-state index in [2.05, 4.69) is 12.5 Å². The Morgan fingerprint density at radius 3 is 2.10 bits per heavy atom. The summed E-state index contributed by atoms with van der Waals surface area (Å²) in [5.41, 5.74) is 0. The van der Waals surface area contributed by atoms with E-state index in [4.69, 9.17) is 0 Å². The normalized spacial score (nSPS) is 16.6. The molecule has 4 nitrogen and oxygen atoms in total. The highest BCUT2D eigenvalue weighted by molar-refractivity contribution is 7.96. The van der Waals surface area contributed by atoms with Crippen molar-refractivity contribution in [1.82, 2.24) is 0 Å². The minimum absolute atomic E-state index is 0.219. The molecule has 0 spiro atoms. The van der Waals surface area contributed by atoms with Crippen LogP contribution in [0.2, 0.25) is 0 Å². The van der Waals surface area contributed by atoms with Gasteiger partial charge in [-0.25, -0.2) is 8.42 Å². The highest BCUT2D eigenvalue weighted by Gasteiger charge is 2.24. The summed E-state index contributed by atoms with van der Waals surface area (Å²) in [6.45, 7) is 1.84. The maximum absolute atomic E-state index is 11.6. The Morgan fingerprint density at radius 2 is 1.75 bits per heavy atom. The first-order valence-electron chi connectivity index (χ1n) is 7.26. The number of ketones is 1. The number of unbranched alkanes of at least 4 members (excludes halogenated alkanes) is 1. The number of carbonyl (C=O) groups is 1. The lowest BCUT2D eigenvalue weighted by Gasteiger charge is -2.19. The second-order valence-electron chi connectivity index (χ2n) is 5.55. The van der Waals surface area contributed by atoms with Gasteiger partial charge in [-0.3, -0.25) is 4.79 Å². The van der Waals surface area contributed by atoms with Crippen LogP contribution in [0, 0.1) is 5.92 Å². The molecular formula is C14H28O4S2. The number of Topliss-reactive ketones (excluding diaryl/α,β-unsaturated/α-hetero) is 1. The average molecular weight is 325 g/mol. The zero-order valence-electron chi connectivity index (χ0n) is 12.9. The predicted octanol–water partition coefficient (Wildman–Crippen LogP) is 2.35. The van der Waals surface area contributed by atoms with E-state index in [0.717, 1.165) is 25.0 Å². The van der Waals surface area contributed by atoms with E-state index in [1.54, 1.807) is 0 Å². The van der Waals surface area contributed by atoms with E-state index in [1.165, 1.54) is 19.3 Å². The Kier molecular flexibility index (Phi) is 10.6. The van der Waals surface area contributed by atoms with Crippen LogP contribution in [-0.2, 0) is 25.8 Å². The molecule has 0 unspecified atom stereocenters. The van der Waals surface area contributed by atoms with E-state index in [9.17, 15) is 17.8 Å². The second-order valence-corrected chi connectivity index (χ2v) is 9.33. The molecule has 6 heteroatoms. The third-order valence-corrected chi connectivity index (χ3v) is 4.89. The zero-order chi connectivity index (χ0) is 15.6. The first-order valence-corrected chi connectivity index (χ1v) is 11.1. The van der Waals surface area contributed by atoms with E-state index < -0.39 is 10.1 Å². The van der Waals surface area contributed by atoms with Crippen LogP contribution in [0.5, 0.6) is 0 Å². The molecule has 0 radical (unpaired) electrons. The molecule has 0 saturated heterocycles. The number of rotatable bonds is 6. The fourth-order valence-electron chi connectivity index (χ4n) is 2.15. The smallest absolute Gasteiger partial charge is 0.184 e. The van der Waals surface area contributed by atoms with Crippen molar-refractivity contribution < 1.29 is 17.8 Å². The summed E-state index contributed by atoms with van der Waals surface area (Å²) >= 11 is 0. The Bertz CT molecular complexity index is 357. The van der Waals surface area contributed by atoms with Gasteiger partial charge in [0.25, 0.3) is 0 Å². The largest absolute Gasteiger partial charge is 0.748 e. The van der Waals surface area contributed by atoms with Crippen molar-refractivity contribution in [2.45, 2.75) is 51.9 Å². The van der Waals surface area contributed by atoms with Crippen molar-refractivity contribution >= 4 is 26.8 Å². The van der Waals surface area contributed by atoms with Crippen LogP contribution in [0.1, 0.15) is 51.9 Å². The minimum atomic E-state index is -3.94. The van der Waals surface area contributed by atoms with Gasteiger partial charge in [0.2, 0.25) is 0 Å². The van der Waals surface area contributed by atoms with Crippen molar-refractivity contribution in [2.75, 3.05) is 24.0 Å². The molecule has 0 N–H and O–H groups in total. The van der Waals surface area contributed by atoms with Gasteiger partial charge in [0.1, 0.15) is 0 Å². The van der Waals surface area contributed by atoms with Gasteiger partial charge in [-0.1, -0.05) is 32.6 Å². The zero-order valence-corrected chi connectivity index (χ0v) is 14.5. The van der Waals surface area contributed by atoms with Crippen LogP contribution in [-0.4, -0.2) is 42.8 Å². The monoisotopic (exact) mass is 324 g/mol. The third kappa shape index (κ3) is 11.7. The standard InChI is InChI=1S/C10H19OS.C4H10O3S/c1-12(2)8-10(11)9-6-4-3-5-7-9;1-2-3-4-8(5,6)7/h9H,3-8H2,1-2H3;2-4H2,1H3,(H,5,6,7)/q+1;/p-1. The fraction of sp³-hybridized carbons (Fsp3) is 0.929. The SMILES string of the molecule is CCCCS(=O)(=O)[O-].C[S+](C)CC(=O)C1CCCCC1. The minimum Gasteiger partial charge on any atom is -0.748 e. The molecule has 1 fully saturated rings. The predicted molar refractivity (Wildman–Crippen MR) is 85.1 cm³/mol. The Balaban J connectivity index is 0.000000396. The van der Waals surface area contributed by atoms with Crippen molar-refractivity contribution in [1.29, 1.82) is 0 Å². The van der Waals surface area contributed by atoms with Gasteiger partial charge in [0, 0.05) is 11.7 Å². The number of hydrogen-bond donors (Lipinski definition) is 0. The third-order valence-electron chi connectivity index (χ3n) is 3.24. The molecule has 1 saturated carbocycles. The van der Waals surface area contributed by atoms with Gasteiger partial charge >= 0.3 is 0 Å². The summed E-state index contributed by atoms with van der Waals surface area (Å²) < 4.78 is 29.5. The highest BCUT2D eigenvalue weighted by atomic mass is 32.2. The lowest BCUT2D eigenvalue weighted by molar-refractivity contribution is -0.121. The molecule has 0 aromatic rings. The van der Waals surface area contributed by atoms with Crippen LogP contribution < -0.4 is 0 Å². The van der Waals surface area contributed by atoms with Crippen molar-refractivity contribution in [2.24, 2.45) is 5.92 Å².